The van der Waals surface area contributed by atoms with Crippen LogP contribution in [0.15, 0.2) is 36.4 Å². The Bertz CT molecular complexity index is 677. The predicted molar refractivity (Wildman–Crippen MR) is 84.3 cm³/mol. The zero-order valence-corrected chi connectivity index (χ0v) is 12.8. The molecule has 0 radical (unpaired) electrons. The van der Waals surface area contributed by atoms with Gasteiger partial charge in [-0.1, -0.05) is 35.9 Å². The predicted octanol–water partition coefficient (Wildman–Crippen LogP) is 4.36. The molecule has 2 nitrogen and oxygen atoms in total. The smallest absolute Gasteiger partial charge is 0.171 e. The average molecular weight is 280 g/mol. The van der Waals surface area contributed by atoms with E-state index in [9.17, 15) is 4.79 Å². The van der Waals surface area contributed by atoms with Crippen LogP contribution >= 0.6 is 0 Å². The van der Waals surface area contributed by atoms with Gasteiger partial charge in [-0.05, 0) is 44.4 Å². The lowest BCUT2D eigenvalue weighted by Crippen LogP contribution is -2.22. The van der Waals surface area contributed by atoms with Crippen LogP contribution in [-0.4, -0.2) is 12.4 Å². The molecule has 1 aliphatic heterocycles. The number of para-hydroxylation sites is 1. The van der Waals surface area contributed by atoms with Gasteiger partial charge in [0.05, 0.1) is 12.5 Å². The normalized spacial score (nSPS) is 17.0. The maximum Gasteiger partial charge on any atom is 0.171 e. The summed E-state index contributed by atoms with van der Waals surface area (Å²) in [6, 6.07) is 12.1. The van der Waals surface area contributed by atoms with E-state index in [0.717, 1.165) is 34.4 Å². The van der Waals surface area contributed by atoms with Crippen LogP contribution in [0.2, 0.25) is 0 Å². The van der Waals surface area contributed by atoms with Crippen LogP contribution in [0.5, 0.6) is 5.75 Å². The second-order valence-electron chi connectivity index (χ2n) is 5.87. The van der Waals surface area contributed by atoms with E-state index in [2.05, 4.69) is 19.1 Å². The van der Waals surface area contributed by atoms with Gasteiger partial charge in [0, 0.05) is 11.1 Å². The first-order valence-corrected chi connectivity index (χ1v) is 7.41. The van der Waals surface area contributed by atoms with Gasteiger partial charge in [-0.15, -0.1) is 0 Å². The van der Waals surface area contributed by atoms with Crippen LogP contribution in [0.4, 0.5) is 0 Å². The van der Waals surface area contributed by atoms with Crippen molar-refractivity contribution >= 4 is 5.78 Å². The third-order valence-electron chi connectivity index (χ3n) is 4.20. The third-order valence-corrected chi connectivity index (χ3v) is 4.20. The van der Waals surface area contributed by atoms with Gasteiger partial charge in [0.1, 0.15) is 5.75 Å². The minimum atomic E-state index is -0.0879. The Balaban J connectivity index is 2.05. The van der Waals surface area contributed by atoms with Crippen LogP contribution < -0.4 is 4.74 Å². The number of carbonyl (C=O) groups is 1. The molecule has 0 spiro atoms. The monoisotopic (exact) mass is 280 g/mol. The average Bonchev–Trinajstić information content (AvgIpc) is 2.45. The number of hydrogen-bond donors (Lipinski definition) is 0. The molecular formula is C19H20O2. The van der Waals surface area contributed by atoms with Crippen molar-refractivity contribution in [1.82, 2.24) is 0 Å². The van der Waals surface area contributed by atoms with Crippen molar-refractivity contribution in [3.63, 3.8) is 0 Å². The first kappa shape index (κ1) is 13.9. The summed E-state index contributed by atoms with van der Waals surface area (Å²) in [6.45, 7) is 6.73. The number of Topliss-reactive ketones (excluding diaryl/α,β-unsaturated/α-hetero) is 1. The maximum absolute atomic E-state index is 13.1. The summed E-state index contributed by atoms with van der Waals surface area (Å²) in [7, 11) is 0. The summed E-state index contributed by atoms with van der Waals surface area (Å²) >= 11 is 0. The molecule has 0 saturated heterocycles. The number of ether oxygens (including phenoxy) is 1. The molecule has 1 unspecified atom stereocenters. The fourth-order valence-electron chi connectivity index (χ4n) is 3.36. The zero-order chi connectivity index (χ0) is 15.0. The molecule has 0 aromatic heterocycles. The molecule has 1 atom stereocenters. The summed E-state index contributed by atoms with van der Waals surface area (Å²) in [4.78, 5) is 13.1. The Morgan fingerprint density at radius 2 is 1.76 bits per heavy atom. The van der Waals surface area contributed by atoms with Gasteiger partial charge in [0.2, 0.25) is 0 Å². The van der Waals surface area contributed by atoms with E-state index < -0.39 is 0 Å². The molecule has 0 saturated carbocycles. The Kier molecular flexibility index (Phi) is 3.54. The van der Waals surface area contributed by atoms with Gasteiger partial charge in [0.15, 0.2) is 5.78 Å². The Morgan fingerprint density at radius 1 is 1.10 bits per heavy atom. The van der Waals surface area contributed by atoms with E-state index >= 15 is 0 Å². The van der Waals surface area contributed by atoms with Crippen molar-refractivity contribution in [3.05, 3.63) is 64.2 Å². The molecule has 0 N–H and O–H groups in total. The van der Waals surface area contributed by atoms with E-state index in [1.807, 2.05) is 38.1 Å². The van der Waals surface area contributed by atoms with Crippen molar-refractivity contribution in [2.24, 2.45) is 0 Å². The Morgan fingerprint density at radius 3 is 2.48 bits per heavy atom. The molecule has 1 heterocycles. The Hall–Kier alpha value is -2.09. The van der Waals surface area contributed by atoms with E-state index in [-0.39, 0.29) is 11.7 Å². The summed E-state index contributed by atoms with van der Waals surface area (Å²) in [5, 5.41) is 0. The first-order valence-electron chi connectivity index (χ1n) is 7.41. The molecule has 108 valence electrons. The fourth-order valence-corrected chi connectivity index (χ4v) is 3.36. The van der Waals surface area contributed by atoms with Crippen LogP contribution in [0.25, 0.3) is 0 Å². The van der Waals surface area contributed by atoms with Crippen molar-refractivity contribution in [2.45, 2.75) is 33.1 Å². The largest absolute Gasteiger partial charge is 0.493 e. The van der Waals surface area contributed by atoms with Crippen LogP contribution in [0.3, 0.4) is 0 Å². The van der Waals surface area contributed by atoms with Gasteiger partial charge in [-0.25, -0.2) is 0 Å². The topological polar surface area (TPSA) is 26.3 Å². The van der Waals surface area contributed by atoms with E-state index in [1.54, 1.807) is 0 Å². The lowest BCUT2D eigenvalue weighted by atomic mass is 9.83. The minimum absolute atomic E-state index is 0.0879. The molecule has 2 heteroatoms. The summed E-state index contributed by atoms with van der Waals surface area (Å²) in [6.07, 6.45) is 0.753. The number of carbonyl (C=O) groups excluding carboxylic acids is 1. The van der Waals surface area contributed by atoms with E-state index in [0.29, 0.717) is 6.61 Å². The summed E-state index contributed by atoms with van der Waals surface area (Å²) in [5.41, 5.74) is 5.24. The van der Waals surface area contributed by atoms with Gasteiger partial charge < -0.3 is 4.74 Å². The molecule has 0 amide bonds. The quantitative estimate of drug-likeness (QED) is 0.764. The number of ketones is 1. The lowest BCUT2D eigenvalue weighted by Gasteiger charge is -2.26. The number of aryl methyl sites for hydroxylation is 3. The van der Waals surface area contributed by atoms with Gasteiger partial charge in [-0.2, -0.15) is 0 Å². The lowest BCUT2D eigenvalue weighted by molar-refractivity contribution is 0.0932. The molecule has 2 aromatic rings. The molecule has 3 rings (SSSR count). The van der Waals surface area contributed by atoms with Crippen LogP contribution in [0, 0.1) is 20.8 Å². The second-order valence-corrected chi connectivity index (χ2v) is 5.87. The second kappa shape index (κ2) is 5.36. The number of hydrogen-bond acceptors (Lipinski definition) is 2. The van der Waals surface area contributed by atoms with Crippen LogP contribution in [-0.2, 0) is 0 Å². The third kappa shape index (κ3) is 2.46. The van der Waals surface area contributed by atoms with Crippen molar-refractivity contribution in [3.8, 4) is 5.75 Å². The summed E-state index contributed by atoms with van der Waals surface area (Å²) in [5.74, 6) is 0.986. The number of fused-ring (bicyclic) bond motifs is 1. The fraction of sp³-hybridized carbons (Fsp3) is 0.316. The van der Waals surface area contributed by atoms with Crippen molar-refractivity contribution in [1.29, 1.82) is 0 Å². The molecular weight excluding hydrogens is 260 g/mol. The van der Waals surface area contributed by atoms with Crippen molar-refractivity contribution in [2.75, 3.05) is 6.61 Å². The molecule has 0 fully saturated rings. The molecule has 1 aliphatic rings. The first-order chi connectivity index (χ1) is 10.1. The number of rotatable bonds is 2. The van der Waals surface area contributed by atoms with Gasteiger partial charge in [0.25, 0.3) is 0 Å². The number of benzene rings is 2. The highest BCUT2D eigenvalue weighted by molar-refractivity contribution is 6.03. The van der Waals surface area contributed by atoms with E-state index in [4.69, 9.17) is 4.74 Å². The molecule has 0 bridgehead atoms. The molecule has 21 heavy (non-hydrogen) atoms. The van der Waals surface area contributed by atoms with Gasteiger partial charge >= 0.3 is 0 Å². The highest BCUT2D eigenvalue weighted by Gasteiger charge is 2.29. The van der Waals surface area contributed by atoms with Crippen molar-refractivity contribution < 1.29 is 9.53 Å². The highest BCUT2D eigenvalue weighted by Crippen LogP contribution is 2.36. The van der Waals surface area contributed by atoms with Gasteiger partial charge in [-0.3, -0.25) is 4.79 Å². The van der Waals surface area contributed by atoms with E-state index in [1.165, 1.54) is 5.56 Å². The standard InChI is InChI=1S/C19H20O2/c1-12-10-13(2)18(14(3)11-12)19(20)16-8-9-21-17-7-5-4-6-15(16)17/h4-7,10-11,16H,8-9H2,1-3H3. The summed E-state index contributed by atoms with van der Waals surface area (Å²) < 4.78 is 5.67. The Labute approximate surface area is 125 Å². The zero-order valence-electron chi connectivity index (χ0n) is 12.8. The molecule has 2 aromatic carbocycles. The highest BCUT2D eigenvalue weighted by atomic mass is 16.5. The molecule has 0 aliphatic carbocycles. The SMILES string of the molecule is Cc1cc(C)c(C(=O)C2CCOc3ccccc32)c(C)c1. The van der Waals surface area contributed by atoms with Crippen LogP contribution in [0.1, 0.15) is 45.0 Å². The minimum Gasteiger partial charge on any atom is -0.493 e. The maximum atomic E-state index is 13.1.